The summed E-state index contributed by atoms with van der Waals surface area (Å²) in [6, 6.07) is 16.5. The Morgan fingerprint density at radius 2 is 1.65 bits per heavy atom. The van der Waals surface area contributed by atoms with Gasteiger partial charge in [-0.3, -0.25) is 0 Å². The van der Waals surface area contributed by atoms with Crippen LogP contribution in [0.1, 0.15) is 11.1 Å². The first kappa shape index (κ1) is 11.9. The van der Waals surface area contributed by atoms with E-state index in [0.717, 1.165) is 5.56 Å². The van der Waals surface area contributed by atoms with Crippen LogP contribution in [-0.4, -0.2) is 0 Å². The van der Waals surface area contributed by atoms with Crippen molar-refractivity contribution in [1.82, 2.24) is 0 Å². The molecule has 0 saturated carbocycles. The summed E-state index contributed by atoms with van der Waals surface area (Å²) in [4.78, 5) is 0. The van der Waals surface area contributed by atoms with Gasteiger partial charge in [-0.05, 0) is 30.2 Å². The molecule has 86 valence electrons. The fraction of sp³-hybridized carbons (Fsp3) is 0.0667. The second-order valence-electron chi connectivity index (χ2n) is 3.75. The third kappa shape index (κ3) is 3.43. The van der Waals surface area contributed by atoms with Gasteiger partial charge < -0.3 is 0 Å². The number of hydrogen-bond donors (Lipinski definition) is 0. The molecule has 0 N–H and O–H groups in total. The normalized spacial score (nSPS) is 11.5. The summed E-state index contributed by atoms with van der Waals surface area (Å²) in [7, 11) is 0. The van der Waals surface area contributed by atoms with E-state index in [1.54, 1.807) is 30.3 Å². The van der Waals surface area contributed by atoms with Crippen LogP contribution < -0.4 is 0 Å². The lowest BCUT2D eigenvalue weighted by molar-refractivity contribution is 0.756. The molecule has 0 heterocycles. The van der Waals surface area contributed by atoms with Gasteiger partial charge in [0.2, 0.25) is 0 Å². The Balaban J connectivity index is 2.10. The topological polar surface area (TPSA) is 0 Å². The lowest BCUT2D eigenvalue weighted by Crippen LogP contribution is -1.82. The van der Waals surface area contributed by atoms with Crippen molar-refractivity contribution in [3.63, 3.8) is 0 Å². The van der Waals surface area contributed by atoms with Crippen LogP contribution in [0.15, 0.2) is 60.7 Å². The van der Waals surface area contributed by atoms with Crippen molar-refractivity contribution in [2.75, 3.05) is 0 Å². The molecule has 0 atom stereocenters. The largest absolute Gasteiger partial charge is 0.207 e. The number of benzene rings is 2. The molecule has 2 rings (SSSR count). The first-order valence-electron chi connectivity index (χ1n) is 5.41. The summed E-state index contributed by atoms with van der Waals surface area (Å²) in [6.07, 6.45) is 2.17. The van der Waals surface area contributed by atoms with Gasteiger partial charge >= 0.3 is 0 Å². The molecule has 17 heavy (non-hydrogen) atoms. The predicted octanol–water partition coefficient (Wildman–Crippen LogP) is 4.89. The number of allylic oxidation sites excluding steroid dienone is 1. The van der Waals surface area contributed by atoms with E-state index >= 15 is 0 Å². The fourth-order valence-electron chi connectivity index (χ4n) is 1.55. The van der Waals surface area contributed by atoms with Gasteiger partial charge in [0.15, 0.2) is 0 Å². The molecular formula is C15H12ClF. The second-order valence-corrected chi connectivity index (χ2v) is 4.19. The molecule has 0 aliphatic heterocycles. The van der Waals surface area contributed by atoms with E-state index in [1.165, 1.54) is 0 Å². The number of hydrogen-bond acceptors (Lipinski definition) is 0. The Bertz CT molecular complexity index is 500. The van der Waals surface area contributed by atoms with Crippen LogP contribution in [0.5, 0.6) is 0 Å². The molecule has 0 bridgehead atoms. The van der Waals surface area contributed by atoms with Gasteiger partial charge in [-0.1, -0.05) is 54.1 Å². The second kappa shape index (κ2) is 5.65. The monoisotopic (exact) mass is 246 g/mol. The SMILES string of the molecule is F/C(=C\Cc1ccccc1)c1ccc(Cl)cc1. The highest BCUT2D eigenvalue weighted by atomic mass is 35.5. The van der Waals surface area contributed by atoms with Crippen LogP contribution in [0, 0.1) is 0 Å². The average molecular weight is 247 g/mol. The summed E-state index contributed by atoms with van der Waals surface area (Å²) >= 11 is 5.75. The summed E-state index contributed by atoms with van der Waals surface area (Å²) in [5, 5.41) is 0.615. The molecular weight excluding hydrogens is 235 g/mol. The van der Waals surface area contributed by atoms with Crippen molar-refractivity contribution in [2.24, 2.45) is 0 Å². The Morgan fingerprint density at radius 3 is 2.29 bits per heavy atom. The third-order valence-corrected chi connectivity index (χ3v) is 2.73. The molecule has 0 nitrogen and oxygen atoms in total. The summed E-state index contributed by atoms with van der Waals surface area (Å²) in [5.74, 6) is -0.217. The quantitative estimate of drug-likeness (QED) is 0.723. The highest BCUT2D eigenvalue weighted by Gasteiger charge is 1.99. The van der Waals surface area contributed by atoms with Gasteiger partial charge in [-0.15, -0.1) is 0 Å². The van der Waals surface area contributed by atoms with Crippen LogP contribution in [0.4, 0.5) is 4.39 Å². The van der Waals surface area contributed by atoms with E-state index in [4.69, 9.17) is 11.6 Å². The van der Waals surface area contributed by atoms with E-state index in [2.05, 4.69) is 0 Å². The molecule has 0 spiro atoms. The van der Waals surface area contributed by atoms with Crippen molar-refractivity contribution < 1.29 is 4.39 Å². The van der Waals surface area contributed by atoms with Crippen molar-refractivity contribution in [1.29, 1.82) is 0 Å². The van der Waals surface area contributed by atoms with Crippen LogP contribution >= 0.6 is 11.6 Å². The Labute approximate surface area is 105 Å². The molecule has 0 aromatic heterocycles. The standard InChI is InChI=1S/C15H12ClF/c16-14-9-7-13(8-10-14)15(17)11-6-12-4-2-1-3-5-12/h1-5,7-11H,6H2/b15-11-. The van der Waals surface area contributed by atoms with Gasteiger partial charge in [0.25, 0.3) is 0 Å². The van der Waals surface area contributed by atoms with Crippen LogP contribution in [0.2, 0.25) is 5.02 Å². The van der Waals surface area contributed by atoms with Gasteiger partial charge in [-0.25, -0.2) is 4.39 Å². The number of rotatable bonds is 3. The van der Waals surface area contributed by atoms with E-state index in [1.807, 2.05) is 30.3 Å². The maximum absolute atomic E-state index is 13.8. The van der Waals surface area contributed by atoms with E-state index < -0.39 is 0 Å². The van der Waals surface area contributed by atoms with Crippen LogP contribution in [0.3, 0.4) is 0 Å². The Hall–Kier alpha value is -1.60. The Kier molecular flexibility index (Phi) is 3.94. The zero-order valence-electron chi connectivity index (χ0n) is 9.24. The minimum atomic E-state index is -0.217. The lowest BCUT2D eigenvalue weighted by atomic mass is 10.1. The smallest absolute Gasteiger partial charge is 0.126 e. The minimum absolute atomic E-state index is 0.217. The van der Waals surface area contributed by atoms with E-state index in [-0.39, 0.29) is 5.83 Å². The zero-order valence-corrected chi connectivity index (χ0v) is 9.99. The molecule has 0 radical (unpaired) electrons. The average Bonchev–Trinajstić information content (AvgIpc) is 2.38. The molecule has 0 fully saturated rings. The molecule has 0 amide bonds. The van der Waals surface area contributed by atoms with Crippen molar-refractivity contribution in [2.45, 2.75) is 6.42 Å². The maximum atomic E-state index is 13.8. The van der Waals surface area contributed by atoms with Gasteiger partial charge in [0.05, 0.1) is 0 Å². The predicted molar refractivity (Wildman–Crippen MR) is 70.7 cm³/mol. The van der Waals surface area contributed by atoms with Crippen molar-refractivity contribution >= 4 is 17.4 Å². The lowest BCUT2D eigenvalue weighted by Gasteiger charge is -1.99. The molecule has 2 aromatic carbocycles. The zero-order chi connectivity index (χ0) is 12.1. The Morgan fingerprint density at radius 1 is 1.00 bits per heavy atom. The molecule has 0 unspecified atom stereocenters. The molecule has 2 aromatic rings. The highest BCUT2D eigenvalue weighted by molar-refractivity contribution is 6.30. The van der Waals surface area contributed by atoms with E-state index in [9.17, 15) is 4.39 Å². The van der Waals surface area contributed by atoms with E-state index in [0.29, 0.717) is 17.0 Å². The molecule has 0 saturated heterocycles. The third-order valence-electron chi connectivity index (χ3n) is 2.48. The van der Waals surface area contributed by atoms with Gasteiger partial charge in [0.1, 0.15) is 5.83 Å². The maximum Gasteiger partial charge on any atom is 0.126 e. The summed E-state index contributed by atoms with van der Waals surface area (Å²) in [6.45, 7) is 0. The van der Waals surface area contributed by atoms with Gasteiger partial charge in [-0.2, -0.15) is 0 Å². The van der Waals surface area contributed by atoms with Crippen LogP contribution in [-0.2, 0) is 6.42 Å². The van der Waals surface area contributed by atoms with Gasteiger partial charge in [0, 0.05) is 10.6 Å². The van der Waals surface area contributed by atoms with Crippen molar-refractivity contribution in [3.8, 4) is 0 Å². The van der Waals surface area contributed by atoms with Crippen molar-refractivity contribution in [3.05, 3.63) is 76.8 Å². The molecule has 0 aliphatic carbocycles. The minimum Gasteiger partial charge on any atom is -0.207 e. The first-order chi connectivity index (χ1) is 8.25. The van der Waals surface area contributed by atoms with Crippen LogP contribution in [0.25, 0.3) is 5.83 Å². The summed E-state index contributed by atoms with van der Waals surface area (Å²) in [5.41, 5.74) is 1.65. The fourth-order valence-corrected chi connectivity index (χ4v) is 1.67. The number of halogens is 2. The molecule has 0 aliphatic rings. The first-order valence-corrected chi connectivity index (χ1v) is 5.79. The molecule has 2 heteroatoms. The highest BCUT2D eigenvalue weighted by Crippen LogP contribution is 2.19. The summed E-state index contributed by atoms with van der Waals surface area (Å²) < 4.78 is 13.8.